The van der Waals surface area contributed by atoms with Crippen molar-refractivity contribution >= 4 is 17.8 Å². The highest BCUT2D eigenvalue weighted by atomic mass is 16.2. The van der Waals surface area contributed by atoms with E-state index in [1.165, 1.54) is 11.1 Å². The van der Waals surface area contributed by atoms with E-state index in [4.69, 9.17) is 0 Å². The van der Waals surface area contributed by atoms with E-state index in [2.05, 4.69) is 22.8 Å². The van der Waals surface area contributed by atoms with E-state index in [-0.39, 0.29) is 24.3 Å². The highest BCUT2D eigenvalue weighted by Gasteiger charge is 2.56. The van der Waals surface area contributed by atoms with Crippen LogP contribution < -0.4 is 10.6 Å². The minimum absolute atomic E-state index is 0.200. The lowest BCUT2D eigenvalue weighted by atomic mass is 9.83. The smallest absolute Gasteiger partial charge is 0.325 e. The lowest BCUT2D eigenvalue weighted by Gasteiger charge is -2.26. The van der Waals surface area contributed by atoms with Gasteiger partial charge in [-0.3, -0.25) is 14.5 Å². The van der Waals surface area contributed by atoms with E-state index < -0.39 is 11.6 Å². The monoisotopic (exact) mass is 355 g/mol. The van der Waals surface area contributed by atoms with Gasteiger partial charge in [0, 0.05) is 12.5 Å². The van der Waals surface area contributed by atoms with Crippen LogP contribution in [0, 0.1) is 5.92 Å². The molecule has 1 saturated carbocycles. The van der Waals surface area contributed by atoms with Crippen LogP contribution in [0.5, 0.6) is 0 Å². The number of fused-ring (bicyclic) bond motifs is 1. The number of rotatable bonds is 5. The Morgan fingerprint density at radius 1 is 1.27 bits per heavy atom. The van der Waals surface area contributed by atoms with Crippen LogP contribution in [0.4, 0.5) is 4.79 Å². The third-order valence-corrected chi connectivity index (χ3v) is 6.04. The highest BCUT2D eigenvalue weighted by molar-refractivity contribution is 6.09. The summed E-state index contributed by atoms with van der Waals surface area (Å²) in [4.78, 5) is 38.2. The number of nitrogens with zero attached hydrogens (tertiary/aromatic N) is 1. The summed E-state index contributed by atoms with van der Waals surface area (Å²) in [5.74, 6) is -0.0609. The Morgan fingerprint density at radius 2 is 2.04 bits per heavy atom. The zero-order valence-corrected chi connectivity index (χ0v) is 15.1. The molecule has 0 spiro atoms. The fraction of sp³-hybridized carbons (Fsp3) is 0.550. The number of carbonyl (C=O) groups excluding carboxylic acids is 3. The molecule has 0 aromatic heterocycles. The number of benzene rings is 1. The topological polar surface area (TPSA) is 78.5 Å². The Morgan fingerprint density at radius 3 is 2.81 bits per heavy atom. The lowest BCUT2D eigenvalue weighted by molar-refractivity contribution is -0.135. The third-order valence-electron chi connectivity index (χ3n) is 6.04. The van der Waals surface area contributed by atoms with Gasteiger partial charge in [-0.15, -0.1) is 0 Å². The number of imide groups is 1. The summed E-state index contributed by atoms with van der Waals surface area (Å²) in [7, 11) is 0. The first kappa shape index (κ1) is 17.1. The van der Waals surface area contributed by atoms with Crippen LogP contribution in [0.2, 0.25) is 0 Å². The van der Waals surface area contributed by atoms with Gasteiger partial charge < -0.3 is 10.6 Å². The summed E-state index contributed by atoms with van der Waals surface area (Å²) in [6, 6.07) is 7.90. The fourth-order valence-corrected chi connectivity index (χ4v) is 4.30. The normalized spacial score (nSPS) is 27.9. The lowest BCUT2D eigenvalue weighted by Crippen LogP contribution is -2.47. The van der Waals surface area contributed by atoms with Crippen LogP contribution in [0.3, 0.4) is 0 Å². The van der Waals surface area contributed by atoms with Crippen LogP contribution in [0.25, 0.3) is 0 Å². The van der Waals surface area contributed by atoms with E-state index >= 15 is 0 Å². The Labute approximate surface area is 153 Å². The molecule has 26 heavy (non-hydrogen) atoms. The fourth-order valence-electron chi connectivity index (χ4n) is 4.30. The summed E-state index contributed by atoms with van der Waals surface area (Å²) >= 11 is 0. The van der Waals surface area contributed by atoms with Crippen molar-refractivity contribution in [3.63, 3.8) is 0 Å². The number of carbonyl (C=O) groups is 3. The van der Waals surface area contributed by atoms with Gasteiger partial charge in [-0.25, -0.2) is 4.79 Å². The molecular formula is C20H25N3O3. The molecule has 3 aliphatic rings. The second-order valence-corrected chi connectivity index (χ2v) is 7.89. The van der Waals surface area contributed by atoms with Gasteiger partial charge in [-0.1, -0.05) is 24.3 Å². The molecule has 4 amide bonds. The number of hydrogen-bond acceptors (Lipinski definition) is 3. The Kier molecular flexibility index (Phi) is 4.21. The number of urea groups is 1. The average Bonchev–Trinajstić information content (AvgIpc) is 3.46. The standard InChI is InChI=1S/C20H25N3O3/c1-20(15-9-10-15)18(25)23(19(26)22-20)12-17(24)21-11-14-7-4-6-13-5-2-3-8-16(13)14/h2-3,5,8,14-15H,4,6-7,9-12H2,1H3,(H,21,24)(H,22,26). The van der Waals surface area contributed by atoms with Gasteiger partial charge in [0.05, 0.1) is 0 Å². The molecule has 2 N–H and O–H groups in total. The molecule has 138 valence electrons. The minimum Gasteiger partial charge on any atom is -0.354 e. The van der Waals surface area contributed by atoms with E-state index in [0.29, 0.717) is 12.5 Å². The van der Waals surface area contributed by atoms with Crippen LogP contribution in [0.1, 0.15) is 49.7 Å². The van der Waals surface area contributed by atoms with Gasteiger partial charge in [0.25, 0.3) is 5.91 Å². The molecule has 0 bridgehead atoms. The Bertz CT molecular complexity index is 758. The summed E-state index contributed by atoms with van der Waals surface area (Å²) in [5, 5.41) is 5.69. The number of aryl methyl sites for hydroxylation is 1. The van der Waals surface area contributed by atoms with E-state index in [1.807, 2.05) is 12.1 Å². The zero-order valence-electron chi connectivity index (χ0n) is 15.1. The second kappa shape index (κ2) is 6.41. The SMILES string of the molecule is CC1(C2CC2)NC(=O)N(CC(=O)NCC2CCCc3ccccc32)C1=O. The first-order valence-corrected chi connectivity index (χ1v) is 9.47. The molecule has 2 atom stereocenters. The van der Waals surface area contributed by atoms with Gasteiger partial charge in [0.15, 0.2) is 0 Å². The van der Waals surface area contributed by atoms with Gasteiger partial charge in [0.1, 0.15) is 12.1 Å². The number of nitrogens with one attached hydrogen (secondary N) is 2. The first-order valence-electron chi connectivity index (χ1n) is 9.47. The minimum atomic E-state index is -0.834. The maximum atomic E-state index is 12.6. The average molecular weight is 355 g/mol. The molecule has 2 aliphatic carbocycles. The van der Waals surface area contributed by atoms with Gasteiger partial charge in [0.2, 0.25) is 5.91 Å². The number of hydrogen-bond donors (Lipinski definition) is 2. The largest absolute Gasteiger partial charge is 0.354 e. The van der Waals surface area contributed by atoms with Crippen LogP contribution in [0.15, 0.2) is 24.3 Å². The molecule has 2 unspecified atom stereocenters. The van der Waals surface area contributed by atoms with Crippen molar-refractivity contribution in [2.24, 2.45) is 5.92 Å². The van der Waals surface area contributed by atoms with Crippen molar-refractivity contribution in [3.8, 4) is 0 Å². The van der Waals surface area contributed by atoms with Crippen LogP contribution in [-0.4, -0.2) is 41.4 Å². The Hall–Kier alpha value is -2.37. The van der Waals surface area contributed by atoms with Gasteiger partial charge in [-0.2, -0.15) is 0 Å². The molecule has 6 nitrogen and oxygen atoms in total. The molecule has 1 aromatic carbocycles. The van der Waals surface area contributed by atoms with Crippen molar-refractivity contribution in [3.05, 3.63) is 35.4 Å². The van der Waals surface area contributed by atoms with E-state index in [0.717, 1.165) is 37.0 Å². The predicted molar refractivity (Wildman–Crippen MR) is 96.5 cm³/mol. The molecule has 1 saturated heterocycles. The van der Waals surface area contributed by atoms with Crippen molar-refractivity contribution in [2.75, 3.05) is 13.1 Å². The molecule has 6 heteroatoms. The Balaban J connectivity index is 1.35. The quantitative estimate of drug-likeness (QED) is 0.793. The van der Waals surface area contributed by atoms with Crippen molar-refractivity contribution in [1.82, 2.24) is 15.5 Å². The van der Waals surface area contributed by atoms with Crippen LogP contribution >= 0.6 is 0 Å². The first-order chi connectivity index (χ1) is 12.5. The van der Waals surface area contributed by atoms with Gasteiger partial charge >= 0.3 is 6.03 Å². The third kappa shape index (κ3) is 2.97. The molecule has 1 aliphatic heterocycles. The maximum Gasteiger partial charge on any atom is 0.325 e. The predicted octanol–water partition coefficient (Wildman–Crippen LogP) is 1.94. The number of amides is 4. The van der Waals surface area contributed by atoms with Gasteiger partial charge in [-0.05, 0) is 56.1 Å². The van der Waals surface area contributed by atoms with E-state index in [1.54, 1.807) is 6.92 Å². The maximum absolute atomic E-state index is 12.6. The summed E-state index contributed by atoms with van der Waals surface area (Å²) in [5.41, 5.74) is 1.82. The summed E-state index contributed by atoms with van der Waals surface area (Å²) in [6.45, 7) is 2.10. The van der Waals surface area contributed by atoms with E-state index in [9.17, 15) is 14.4 Å². The van der Waals surface area contributed by atoms with Crippen molar-refractivity contribution < 1.29 is 14.4 Å². The molecule has 0 radical (unpaired) electrons. The molecule has 4 rings (SSSR count). The second-order valence-electron chi connectivity index (χ2n) is 7.89. The van der Waals surface area contributed by atoms with Crippen LogP contribution in [-0.2, 0) is 16.0 Å². The molecule has 1 heterocycles. The highest BCUT2D eigenvalue weighted by Crippen LogP contribution is 2.42. The molecule has 1 aromatic rings. The van der Waals surface area contributed by atoms with Crippen molar-refractivity contribution in [2.45, 2.75) is 50.5 Å². The summed E-state index contributed by atoms with van der Waals surface area (Å²) < 4.78 is 0. The summed E-state index contributed by atoms with van der Waals surface area (Å²) in [6.07, 6.45) is 5.14. The van der Waals surface area contributed by atoms with Crippen molar-refractivity contribution in [1.29, 1.82) is 0 Å². The molecular weight excluding hydrogens is 330 g/mol. The zero-order chi connectivity index (χ0) is 18.3. The molecule has 2 fully saturated rings.